The van der Waals surface area contributed by atoms with Gasteiger partial charge in [-0.3, -0.25) is 0 Å². The molecule has 0 aromatic carbocycles. The first kappa shape index (κ1) is 12.6. The molecule has 1 fully saturated rings. The summed E-state index contributed by atoms with van der Waals surface area (Å²) < 4.78 is 11.3. The van der Waals surface area contributed by atoms with E-state index < -0.39 is 0 Å². The zero-order valence-corrected chi connectivity index (χ0v) is 11.7. The van der Waals surface area contributed by atoms with Crippen LogP contribution in [0, 0.1) is 0 Å². The van der Waals surface area contributed by atoms with Crippen molar-refractivity contribution in [3.05, 3.63) is 11.4 Å². The van der Waals surface area contributed by atoms with Crippen LogP contribution in [-0.2, 0) is 4.74 Å². The van der Waals surface area contributed by atoms with Crippen LogP contribution >= 0.6 is 11.3 Å². The fraction of sp³-hybridized carbons (Fsp3) is 0.538. The van der Waals surface area contributed by atoms with Gasteiger partial charge in [0.15, 0.2) is 0 Å². The maximum Gasteiger partial charge on any atom is 0.227 e. The highest BCUT2D eigenvalue weighted by molar-refractivity contribution is 7.16. The Labute approximate surface area is 116 Å². The van der Waals surface area contributed by atoms with Crippen LogP contribution in [0.2, 0.25) is 0 Å². The summed E-state index contributed by atoms with van der Waals surface area (Å²) in [5, 5.41) is 6.21. The molecule has 1 N–H and O–H groups in total. The molecule has 5 nitrogen and oxygen atoms in total. The molecule has 1 unspecified atom stereocenters. The van der Waals surface area contributed by atoms with Gasteiger partial charge in [-0.25, -0.2) is 4.98 Å². The average molecular weight is 279 g/mol. The Morgan fingerprint density at radius 1 is 1.53 bits per heavy atom. The summed E-state index contributed by atoms with van der Waals surface area (Å²) >= 11 is 1.60. The van der Waals surface area contributed by atoms with E-state index in [1.807, 2.05) is 11.4 Å². The molecule has 6 heteroatoms. The molecule has 2 aromatic rings. The van der Waals surface area contributed by atoms with Gasteiger partial charge in [0.05, 0.1) is 18.6 Å². The molecule has 1 aliphatic heterocycles. The minimum Gasteiger partial charge on any atom is -0.471 e. The predicted molar refractivity (Wildman–Crippen MR) is 76.0 cm³/mol. The smallest absolute Gasteiger partial charge is 0.227 e. The van der Waals surface area contributed by atoms with E-state index in [1.54, 1.807) is 11.3 Å². The third-order valence-corrected chi connectivity index (χ3v) is 3.80. The van der Waals surface area contributed by atoms with Gasteiger partial charge >= 0.3 is 0 Å². The first-order valence-electron chi connectivity index (χ1n) is 6.60. The second kappa shape index (κ2) is 5.71. The Hall–Kier alpha value is -1.40. The Kier molecular flexibility index (Phi) is 3.79. The van der Waals surface area contributed by atoms with Crippen LogP contribution < -0.4 is 10.1 Å². The SMILES string of the molecule is CCCNc1nc(OC2CCOC2)c2ccsc2n1. The van der Waals surface area contributed by atoms with Gasteiger partial charge in [0.25, 0.3) is 0 Å². The predicted octanol–water partition coefficient (Wildman–Crippen LogP) is 2.68. The number of hydrogen-bond donors (Lipinski definition) is 1. The molecule has 3 rings (SSSR count). The summed E-state index contributed by atoms with van der Waals surface area (Å²) in [6, 6.07) is 2.01. The number of aromatic nitrogens is 2. The van der Waals surface area contributed by atoms with E-state index in [4.69, 9.17) is 9.47 Å². The zero-order valence-electron chi connectivity index (χ0n) is 10.9. The maximum atomic E-state index is 5.96. The summed E-state index contributed by atoms with van der Waals surface area (Å²) in [6.07, 6.45) is 2.07. The van der Waals surface area contributed by atoms with Crippen LogP contribution in [0.15, 0.2) is 11.4 Å². The quantitative estimate of drug-likeness (QED) is 0.912. The first-order chi connectivity index (χ1) is 9.36. The fourth-order valence-electron chi connectivity index (χ4n) is 2.00. The lowest BCUT2D eigenvalue weighted by molar-refractivity contribution is 0.139. The van der Waals surface area contributed by atoms with Gasteiger partial charge in [0.1, 0.15) is 10.9 Å². The van der Waals surface area contributed by atoms with Gasteiger partial charge in [0.2, 0.25) is 11.8 Å². The highest BCUT2D eigenvalue weighted by Gasteiger charge is 2.20. The normalized spacial score (nSPS) is 18.9. The fourth-order valence-corrected chi connectivity index (χ4v) is 2.75. The number of rotatable bonds is 5. The molecule has 0 bridgehead atoms. The van der Waals surface area contributed by atoms with Gasteiger partial charge in [0, 0.05) is 13.0 Å². The second-order valence-electron chi connectivity index (χ2n) is 4.52. The largest absolute Gasteiger partial charge is 0.471 e. The van der Waals surface area contributed by atoms with E-state index in [-0.39, 0.29) is 6.10 Å². The minimum absolute atomic E-state index is 0.108. The van der Waals surface area contributed by atoms with Gasteiger partial charge in [-0.05, 0) is 17.9 Å². The van der Waals surface area contributed by atoms with Crippen LogP contribution in [-0.4, -0.2) is 35.8 Å². The summed E-state index contributed by atoms with van der Waals surface area (Å²) in [7, 11) is 0. The van der Waals surface area contributed by atoms with Crippen LogP contribution in [0.4, 0.5) is 5.95 Å². The average Bonchev–Trinajstić information content (AvgIpc) is 3.06. The van der Waals surface area contributed by atoms with Crippen molar-refractivity contribution in [2.24, 2.45) is 0 Å². The first-order valence-corrected chi connectivity index (χ1v) is 7.48. The van der Waals surface area contributed by atoms with Crippen molar-refractivity contribution in [1.82, 2.24) is 9.97 Å². The Bertz CT molecular complexity index is 552. The van der Waals surface area contributed by atoms with E-state index in [1.165, 1.54) is 0 Å². The number of anilines is 1. The lowest BCUT2D eigenvalue weighted by atomic mass is 10.3. The number of nitrogens with one attached hydrogen (secondary N) is 1. The van der Waals surface area contributed by atoms with Crippen molar-refractivity contribution >= 4 is 27.5 Å². The van der Waals surface area contributed by atoms with Crippen molar-refractivity contribution in [3.63, 3.8) is 0 Å². The number of thiophene rings is 1. The molecule has 0 aliphatic carbocycles. The van der Waals surface area contributed by atoms with Gasteiger partial charge in [-0.1, -0.05) is 6.92 Å². The number of nitrogens with zero attached hydrogens (tertiary/aromatic N) is 2. The molecule has 1 saturated heterocycles. The minimum atomic E-state index is 0.108. The molecule has 102 valence electrons. The highest BCUT2D eigenvalue weighted by atomic mass is 32.1. The van der Waals surface area contributed by atoms with Gasteiger partial charge in [-0.2, -0.15) is 4.98 Å². The lowest BCUT2D eigenvalue weighted by Crippen LogP contribution is -2.17. The Morgan fingerprint density at radius 2 is 2.47 bits per heavy atom. The lowest BCUT2D eigenvalue weighted by Gasteiger charge is -2.13. The summed E-state index contributed by atoms with van der Waals surface area (Å²) in [6.45, 7) is 4.39. The second-order valence-corrected chi connectivity index (χ2v) is 5.42. The molecule has 1 aliphatic rings. The molecule has 3 heterocycles. The van der Waals surface area contributed by atoms with Gasteiger partial charge < -0.3 is 14.8 Å². The van der Waals surface area contributed by atoms with E-state index in [0.29, 0.717) is 18.4 Å². The number of ether oxygens (including phenoxy) is 2. The van der Waals surface area contributed by atoms with E-state index >= 15 is 0 Å². The molecule has 1 atom stereocenters. The van der Waals surface area contributed by atoms with Crippen LogP contribution in [0.25, 0.3) is 10.2 Å². The summed E-state index contributed by atoms with van der Waals surface area (Å²) in [5.41, 5.74) is 0. The standard InChI is InChI=1S/C13H17N3O2S/c1-2-5-14-13-15-11(18-9-3-6-17-8-9)10-4-7-19-12(10)16-13/h4,7,9H,2-3,5-6,8H2,1H3,(H,14,15,16). The zero-order chi connectivity index (χ0) is 13.1. The molecular weight excluding hydrogens is 262 g/mol. The van der Waals surface area contributed by atoms with E-state index in [2.05, 4.69) is 22.2 Å². The maximum absolute atomic E-state index is 5.96. The molecular formula is C13H17N3O2S. The van der Waals surface area contributed by atoms with Crippen molar-refractivity contribution in [2.45, 2.75) is 25.9 Å². The Morgan fingerprint density at radius 3 is 3.26 bits per heavy atom. The molecule has 2 aromatic heterocycles. The Balaban J connectivity index is 1.88. The topological polar surface area (TPSA) is 56.3 Å². The molecule has 0 saturated carbocycles. The van der Waals surface area contributed by atoms with Gasteiger partial charge in [-0.15, -0.1) is 11.3 Å². The van der Waals surface area contributed by atoms with Crippen molar-refractivity contribution in [1.29, 1.82) is 0 Å². The van der Waals surface area contributed by atoms with E-state index in [0.717, 1.165) is 36.2 Å². The molecule has 19 heavy (non-hydrogen) atoms. The number of hydrogen-bond acceptors (Lipinski definition) is 6. The third kappa shape index (κ3) is 2.79. The van der Waals surface area contributed by atoms with Crippen LogP contribution in [0.1, 0.15) is 19.8 Å². The highest BCUT2D eigenvalue weighted by Crippen LogP contribution is 2.29. The molecule has 0 spiro atoms. The number of fused-ring (bicyclic) bond motifs is 1. The van der Waals surface area contributed by atoms with Crippen molar-refractivity contribution in [2.75, 3.05) is 25.1 Å². The van der Waals surface area contributed by atoms with Crippen LogP contribution in [0.5, 0.6) is 5.88 Å². The van der Waals surface area contributed by atoms with E-state index in [9.17, 15) is 0 Å². The molecule has 0 amide bonds. The van der Waals surface area contributed by atoms with Crippen molar-refractivity contribution in [3.8, 4) is 5.88 Å². The third-order valence-electron chi connectivity index (χ3n) is 2.99. The summed E-state index contributed by atoms with van der Waals surface area (Å²) in [4.78, 5) is 9.93. The summed E-state index contributed by atoms with van der Waals surface area (Å²) in [5.74, 6) is 1.31. The van der Waals surface area contributed by atoms with Crippen molar-refractivity contribution < 1.29 is 9.47 Å². The monoisotopic (exact) mass is 279 g/mol. The molecule has 0 radical (unpaired) electrons. The van der Waals surface area contributed by atoms with Crippen LogP contribution in [0.3, 0.4) is 0 Å².